The van der Waals surface area contributed by atoms with Crippen molar-refractivity contribution < 1.29 is 9.59 Å². The summed E-state index contributed by atoms with van der Waals surface area (Å²) >= 11 is 0. The van der Waals surface area contributed by atoms with E-state index in [2.05, 4.69) is 22.9 Å². The Kier molecular flexibility index (Phi) is 4.96. The third-order valence-electron chi connectivity index (χ3n) is 3.80. The lowest BCUT2D eigenvalue weighted by molar-refractivity contribution is -0.120. The Morgan fingerprint density at radius 3 is 2.14 bits per heavy atom. The van der Waals surface area contributed by atoms with Crippen molar-refractivity contribution in [3.05, 3.63) is 24.3 Å². The van der Waals surface area contributed by atoms with Crippen LogP contribution in [0, 0.1) is 17.8 Å². The first-order valence-corrected chi connectivity index (χ1v) is 7.40. The molecular formula is C16H23N3O2. The summed E-state index contributed by atoms with van der Waals surface area (Å²) in [6.45, 7) is 7.39. The van der Waals surface area contributed by atoms with Crippen LogP contribution in [0.3, 0.4) is 0 Å². The van der Waals surface area contributed by atoms with Gasteiger partial charge in [0.05, 0.1) is 5.92 Å². The highest BCUT2D eigenvalue weighted by atomic mass is 16.2. The maximum absolute atomic E-state index is 12.2. The van der Waals surface area contributed by atoms with E-state index in [4.69, 9.17) is 0 Å². The summed E-state index contributed by atoms with van der Waals surface area (Å²) in [4.78, 5) is 23.8. The molecule has 1 aliphatic heterocycles. The summed E-state index contributed by atoms with van der Waals surface area (Å²) < 4.78 is 0. The normalized spacial score (nSPS) is 21.3. The minimum atomic E-state index is -0.0549. The molecule has 21 heavy (non-hydrogen) atoms. The summed E-state index contributed by atoms with van der Waals surface area (Å²) in [5, 5.41) is 8.97. The van der Waals surface area contributed by atoms with Crippen LogP contribution in [-0.4, -0.2) is 24.9 Å². The third kappa shape index (κ3) is 4.04. The number of nitrogens with one attached hydrogen (secondary N) is 3. The summed E-state index contributed by atoms with van der Waals surface area (Å²) in [5.74, 6) is 0.352. The lowest BCUT2D eigenvalue weighted by atomic mass is 9.97. The zero-order valence-electron chi connectivity index (χ0n) is 12.8. The second-order valence-corrected chi connectivity index (χ2v) is 5.95. The first-order valence-electron chi connectivity index (χ1n) is 7.40. The number of carbonyl (C=O) groups excluding carboxylic acids is 2. The molecule has 2 amide bonds. The highest BCUT2D eigenvalue weighted by Gasteiger charge is 2.29. The molecule has 0 unspecified atom stereocenters. The van der Waals surface area contributed by atoms with Crippen molar-refractivity contribution in [2.45, 2.75) is 20.8 Å². The fourth-order valence-corrected chi connectivity index (χ4v) is 2.32. The topological polar surface area (TPSA) is 70.2 Å². The van der Waals surface area contributed by atoms with Crippen molar-refractivity contribution in [3.63, 3.8) is 0 Å². The van der Waals surface area contributed by atoms with Crippen LogP contribution >= 0.6 is 0 Å². The molecule has 5 nitrogen and oxygen atoms in total. The van der Waals surface area contributed by atoms with Gasteiger partial charge >= 0.3 is 0 Å². The minimum Gasteiger partial charge on any atom is -0.326 e. The van der Waals surface area contributed by atoms with E-state index >= 15 is 0 Å². The highest BCUT2D eigenvalue weighted by Crippen LogP contribution is 2.19. The zero-order chi connectivity index (χ0) is 15.4. The molecule has 2 atom stereocenters. The number of benzene rings is 1. The van der Waals surface area contributed by atoms with Gasteiger partial charge in [-0.2, -0.15) is 0 Å². The van der Waals surface area contributed by atoms with Crippen molar-refractivity contribution in [1.82, 2.24) is 5.32 Å². The van der Waals surface area contributed by atoms with Crippen LogP contribution in [-0.2, 0) is 9.59 Å². The molecule has 0 aliphatic carbocycles. The molecule has 0 bridgehead atoms. The molecular weight excluding hydrogens is 266 g/mol. The molecule has 0 spiro atoms. The SMILES string of the molecule is CC(C)C(=O)Nc1ccc(NC(=O)[C@@H]2CNC[C@H]2C)cc1. The second kappa shape index (κ2) is 6.72. The predicted molar refractivity (Wildman–Crippen MR) is 84.1 cm³/mol. The van der Waals surface area contributed by atoms with Gasteiger partial charge in [-0.3, -0.25) is 9.59 Å². The Labute approximate surface area is 125 Å². The van der Waals surface area contributed by atoms with Crippen molar-refractivity contribution in [3.8, 4) is 0 Å². The summed E-state index contributed by atoms with van der Waals surface area (Å²) in [6.07, 6.45) is 0. The molecule has 0 saturated carbocycles. The van der Waals surface area contributed by atoms with Gasteiger partial charge in [0, 0.05) is 23.8 Å². The van der Waals surface area contributed by atoms with Gasteiger partial charge in [-0.15, -0.1) is 0 Å². The Hall–Kier alpha value is -1.88. The van der Waals surface area contributed by atoms with Crippen LogP contribution in [0.15, 0.2) is 24.3 Å². The van der Waals surface area contributed by atoms with Crippen LogP contribution in [0.5, 0.6) is 0 Å². The first kappa shape index (κ1) is 15.5. The van der Waals surface area contributed by atoms with Gasteiger partial charge in [-0.25, -0.2) is 0 Å². The first-order chi connectivity index (χ1) is 9.97. The summed E-state index contributed by atoms with van der Waals surface area (Å²) in [7, 11) is 0. The van der Waals surface area contributed by atoms with E-state index in [1.54, 1.807) is 24.3 Å². The smallest absolute Gasteiger partial charge is 0.229 e. The largest absolute Gasteiger partial charge is 0.326 e. The summed E-state index contributed by atoms with van der Waals surface area (Å²) in [6, 6.07) is 7.21. The van der Waals surface area contributed by atoms with E-state index in [-0.39, 0.29) is 23.7 Å². The van der Waals surface area contributed by atoms with Gasteiger partial charge in [0.1, 0.15) is 0 Å². The number of rotatable bonds is 4. The Balaban J connectivity index is 1.93. The van der Waals surface area contributed by atoms with E-state index < -0.39 is 0 Å². The molecule has 1 fully saturated rings. The van der Waals surface area contributed by atoms with Crippen LogP contribution in [0.2, 0.25) is 0 Å². The lowest BCUT2D eigenvalue weighted by Gasteiger charge is -2.14. The monoisotopic (exact) mass is 289 g/mol. The quantitative estimate of drug-likeness (QED) is 0.794. The molecule has 1 aromatic rings. The van der Waals surface area contributed by atoms with Crippen LogP contribution < -0.4 is 16.0 Å². The molecule has 0 aromatic heterocycles. The molecule has 1 aliphatic rings. The molecule has 0 radical (unpaired) electrons. The number of anilines is 2. The molecule has 1 aromatic carbocycles. The molecule has 2 rings (SSSR count). The fraction of sp³-hybridized carbons (Fsp3) is 0.500. The van der Waals surface area contributed by atoms with Gasteiger partial charge in [0.25, 0.3) is 0 Å². The van der Waals surface area contributed by atoms with E-state index in [9.17, 15) is 9.59 Å². The molecule has 114 valence electrons. The average molecular weight is 289 g/mol. The Morgan fingerprint density at radius 1 is 1.10 bits per heavy atom. The predicted octanol–water partition coefficient (Wildman–Crippen LogP) is 2.08. The maximum atomic E-state index is 12.2. The van der Waals surface area contributed by atoms with Crippen molar-refractivity contribution in [1.29, 1.82) is 0 Å². The molecule has 1 saturated heterocycles. The number of hydrogen-bond donors (Lipinski definition) is 3. The molecule has 5 heteroatoms. The lowest BCUT2D eigenvalue weighted by Crippen LogP contribution is -2.27. The number of amides is 2. The summed E-state index contributed by atoms with van der Waals surface area (Å²) in [5.41, 5.74) is 1.49. The van der Waals surface area contributed by atoms with E-state index in [0.717, 1.165) is 24.5 Å². The molecule has 1 heterocycles. The fourth-order valence-electron chi connectivity index (χ4n) is 2.32. The minimum absolute atomic E-state index is 0.0161. The maximum Gasteiger partial charge on any atom is 0.229 e. The van der Waals surface area contributed by atoms with Crippen LogP contribution in [0.1, 0.15) is 20.8 Å². The molecule has 3 N–H and O–H groups in total. The highest BCUT2D eigenvalue weighted by molar-refractivity contribution is 5.94. The van der Waals surface area contributed by atoms with Crippen molar-refractivity contribution >= 4 is 23.2 Å². The van der Waals surface area contributed by atoms with Crippen LogP contribution in [0.4, 0.5) is 11.4 Å². The van der Waals surface area contributed by atoms with Gasteiger partial charge in [0.15, 0.2) is 0 Å². The van der Waals surface area contributed by atoms with E-state index in [1.807, 2.05) is 13.8 Å². The Bertz CT molecular complexity index is 511. The van der Waals surface area contributed by atoms with Gasteiger partial charge in [0.2, 0.25) is 11.8 Å². The van der Waals surface area contributed by atoms with Crippen molar-refractivity contribution in [2.75, 3.05) is 23.7 Å². The zero-order valence-corrected chi connectivity index (χ0v) is 12.8. The van der Waals surface area contributed by atoms with Gasteiger partial charge in [-0.05, 0) is 36.7 Å². The van der Waals surface area contributed by atoms with Gasteiger partial charge in [-0.1, -0.05) is 20.8 Å². The average Bonchev–Trinajstić information content (AvgIpc) is 2.87. The van der Waals surface area contributed by atoms with Crippen LogP contribution in [0.25, 0.3) is 0 Å². The number of hydrogen-bond acceptors (Lipinski definition) is 3. The number of carbonyl (C=O) groups is 2. The standard InChI is InChI=1S/C16H23N3O2/c1-10(2)15(20)18-12-4-6-13(7-5-12)19-16(21)14-9-17-8-11(14)3/h4-7,10-11,14,17H,8-9H2,1-3H3,(H,18,20)(H,19,21)/t11-,14-/m1/s1. The van der Waals surface area contributed by atoms with Crippen molar-refractivity contribution in [2.24, 2.45) is 17.8 Å². The van der Waals surface area contributed by atoms with Gasteiger partial charge < -0.3 is 16.0 Å². The third-order valence-corrected chi connectivity index (χ3v) is 3.80. The van der Waals surface area contributed by atoms with E-state index in [0.29, 0.717) is 5.92 Å². The second-order valence-electron chi connectivity index (χ2n) is 5.95. The van der Waals surface area contributed by atoms with E-state index in [1.165, 1.54) is 0 Å². The Morgan fingerprint density at radius 2 is 1.67 bits per heavy atom.